The molecule has 1 saturated heterocycles. The maximum absolute atomic E-state index is 11.7. The van der Waals surface area contributed by atoms with E-state index in [9.17, 15) is 4.79 Å². The Morgan fingerprint density at radius 3 is 2.35 bits per heavy atom. The molecule has 1 aliphatic rings. The summed E-state index contributed by atoms with van der Waals surface area (Å²) < 4.78 is 10.7. The molecule has 1 aliphatic heterocycles. The molecule has 0 spiro atoms. The highest BCUT2D eigenvalue weighted by atomic mass is 16.6. The number of ether oxygens (including phenoxy) is 2. The highest BCUT2D eigenvalue weighted by molar-refractivity contribution is 5.71. The highest BCUT2D eigenvalue weighted by Crippen LogP contribution is 2.49. The van der Waals surface area contributed by atoms with E-state index in [-0.39, 0.29) is 17.2 Å². The molecule has 1 aromatic rings. The quantitative estimate of drug-likeness (QED) is 0.594. The highest BCUT2D eigenvalue weighted by Gasteiger charge is 2.61. The Kier molecular flexibility index (Phi) is 2.96. The number of benzene rings is 1. The summed E-state index contributed by atoms with van der Waals surface area (Å²) in [7, 11) is 0. The Morgan fingerprint density at radius 2 is 1.82 bits per heavy atom. The van der Waals surface area contributed by atoms with E-state index in [1.807, 2.05) is 51.1 Å². The minimum absolute atomic E-state index is 0.207. The van der Waals surface area contributed by atoms with Gasteiger partial charge in [-0.25, -0.2) is 0 Å². The van der Waals surface area contributed by atoms with Gasteiger partial charge < -0.3 is 9.47 Å². The van der Waals surface area contributed by atoms with Crippen LogP contribution in [0.2, 0.25) is 0 Å². The average molecular weight is 234 g/mol. The molecule has 1 aromatic carbocycles. The van der Waals surface area contributed by atoms with Gasteiger partial charge in [-0.3, -0.25) is 4.79 Å². The van der Waals surface area contributed by atoms with Crippen LogP contribution in [0.5, 0.6) is 0 Å². The summed E-state index contributed by atoms with van der Waals surface area (Å²) in [6, 6.07) is 9.67. The van der Waals surface area contributed by atoms with Crippen LogP contribution >= 0.6 is 0 Å². The maximum Gasteiger partial charge on any atom is 0.309 e. The number of hydrogen-bond acceptors (Lipinski definition) is 3. The summed E-state index contributed by atoms with van der Waals surface area (Å²) in [5.41, 5.74) is 0.432. The van der Waals surface area contributed by atoms with Gasteiger partial charge in [0.1, 0.15) is 12.2 Å². The Labute approximate surface area is 102 Å². The van der Waals surface area contributed by atoms with E-state index in [1.165, 1.54) is 0 Å². The van der Waals surface area contributed by atoms with Crippen LogP contribution < -0.4 is 0 Å². The summed E-state index contributed by atoms with van der Waals surface area (Å²) in [6.45, 7) is 6.24. The summed E-state index contributed by atoms with van der Waals surface area (Å²) in [6.07, 6.45) is 0.312. The number of carbonyl (C=O) groups is 1. The van der Waals surface area contributed by atoms with Crippen molar-refractivity contribution >= 4 is 5.97 Å². The van der Waals surface area contributed by atoms with Crippen molar-refractivity contribution in [2.75, 3.05) is 0 Å². The molecule has 0 bridgehead atoms. The van der Waals surface area contributed by atoms with Crippen molar-refractivity contribution in [2.45, 2.75) is 45.0 Å². The molecule has 3 nitrogen and oxygen atoms in total. The van der Waals surface area contributed by atoms with Gasteiger partial charge in [-0.1, -0.05) is 30.3 Å². The van der Waals surface area contributed by atoms with Crippen LogP contribution in [0.4, 0.5) is 0 Å². The molecule has 1 atom stereocenters. The number of epoxide rings is 1. The van der Waals surface area contributed by atoms with E-state index in [2.05, 4.69) is 0 Å². The first kappa shape index (κ1) is 12.1. The number of hydrogen-bond donors (Lipinski definition) is 0. The number of esters is 1. The lowest BCUT2D eigenvalue weighted by atomic mass is 9.95. The standard InChI is InChI=1S/C14H18O3/c1-13(2)14(3,17-13)9-12(15)16-10-11-7-5-4-6-8-11/h4-8H,9-10H2,1-3H3. The van der Waals surface area contributed by atoms with Crippen molar-refractivity contribution in [1.82, 2.24) is 0 Å². The van der Waals surface area contributed by atoms with E-state index in [4.69, 9.17) is 9.47 Å². The fraction of sp³-hybridized carbons (Fsp3) is 0.500. The molecule has 3 heteroatoms. The molecule has 2 rings (SSSR count). The van der Waals surface area contributed by atoms with Gasteiger partial charge in [0.15, 0.2) is 0 Å². The molecule has 17 heavy (non-hydrogen) atoms. The first-order valence-electron chi connectivity index (χ1n) is 5.83. The molecule has 0 N–H and O–H groups in total. The second kappa shape index (κ2) is 4.15. The van der Waals surface area contributed by atoms with E-state index >= 15 is 0 Å². The minimum Gasteiger partial charge on any atom is -0.461 e. The lowest BCUT2D eigenvalue weighted by Crippen LogP contribution is -2.22. The lowest BCUT2D eigenvalue weighted by molar-refractivity contribution is -0.146. The van der Waals surface area contributed by atoms with Crippen molar-refractivity contribution < 1.29 is 14.3 Å². The third-order valence-electron chi connectivity index (χ3n) is 3.44. The van der Waals surface area contributed by atoms with Crippen LogP contribution in [-0.2, 0) is 20.9 Å². The van der Waals surface area contributed by atoms with Gasteiger partial charge >= 0.3 is 5.97 Å². The van der Waals surface area contributed by atoms with Crippen molar-refractivity contribution in [3.63, 3.8) is 0 Å². The molecule has 92 valence electrons. The molecular formula is C14H18O3. The first-order chi connectivity index (χ1) is 7.93. The molecule has 0 amide bonds. The van der Waals surface area contributed by atoms with E-state index in [0.717, 1.165) is 5.56 Å². The number of rotatable bonds is 4. The van der Waals surface area contributed by atoms with Crippen LogP contribution in [0.15, 0.2) is 30.3 Å². The summed E-state index contributed by atoms with van der Waals surface area (Å²) in [5, 5.41) is 0. The molecule has 0 aromatic heterocycles. The Balaban J connectivity index is 1.80. The fourth-order valence-corrected chi connectivity index (χ4v) is 1.85. The van der Waals surface area contributed by atoms with Crippen LogP contribution in [0, 0.1) is 0 Å². The zero-order valence-corrected chi connectivity index (χ0v) is 10.5. The number of carbonyl (C=O) groups excluding carboxylic acids is 1. The molecule has 0 saturated carbocycles. The fourth-order valence-electron chi connectivity index (χ4n) is 1.85. The van der Waals surface area contributed by atoms with Gasteiger partial charge in [0.05, 0.1) is 12.0 Å². The third kappa shape index (κ3) is 2.67. The van der Waals surface area contributed by atoms with Crippen LogP contribution in [0.3, 0.4) is 0 Å². The molecule has 0 aliphatic carbocycles. The van der Waals surface area contributed by atoms with Gasteiger partial charge in [-0.05, 0) is 26.3 Å². The minimum atomic E-state index is -0.360. The molecular weight excluding hydrogens is 216 g/mol. The van der Waals surface area contributed by atoms with E-state index in [0.29, 0.717) is 13.0 Å². The van der Waals surface area contributed by atoms with Crippen molar-refractivity contribution in [1.29, 1.82) is 0 Å². The van der Waals surface area contributed by atoms with E-state index in [1.54, 1.807) is 0 Å². The predicted molar refractivity (Wildman–Crippen MR) is 64.4 cm³/mol. The summed E-state index contributed by atoms with van der Waals surface area (Å²) in [4.78, 5) is 11.7. The third-order valence-corrected chi connectivity index (χ3v) is 3.44. The zero-order chi connectivity index (χ0) is 12.5. The monoisotopic (exact) mass is 234 g/mol. The van der Waals surface area contributed by atoms with Crippen molar-refractivity contribution in [3.8, 4) is 0 Å². The molecule has 1 unspecified atom stereocenters. The Hall–Kier alpha value is -1.35. The average Bonchev–Trinajstić information content (AvgIpc) is 2.75. The normalized spacial score (nSPS) is 25.4. The van der Waals surface area contributed by atoms with Crippen molar-refractivity contribution in [3.05, 3.63) is 35.9 Å². The zero-order valence-electron chi connectivity index (χ0n) is 10.5. The maximum atomic E-state index is 11.7. The van der Waals surface area contributed by atoms with Crippen LogP contribution in [-0.4, -0.2) is 17.2 Å². The van der Waals surface area contributed by atoms with Crippen LogP contribution in [0.1, 0.15) is 32.8 Å². The first-order valence-corrected chi connectivity index (χ1v) is 5.83. The summed E-state index contributed by atoms with van der Waals surface area (Å²) >= 11 is 0. The van der Waals surface area contributed by atoms with E-state index < -0.39 is 0 Å². The Bertz CT molecular complexity index is 411. The van der Waals surface area contributed by atoms with Gasteiger partial charge in [-0.2, -0.15) is 0 Å². The molecule has 1 heterocycles. The van der Waals surface area contributed by atoms with Crippen LogP contribution in [0.25, 0.3) is 0 Å². The van der Waals surface area contributed by atoms with Gasteiger partial charge in [-0.15, -0.1) is 0 Å². The van der Waals surface area contributed by atoms with Crippen molar-refractivity contribution in [2.24, 2.45) is 0 Å². The smallest absolute Gasteiger partial charge is 0.309 e. The Morgan fingerprint density at radius 1 is 1.24 bits per heavy atom. The lowest BCUT2D eigenvalue weighted by Gasteiger charge is -2.09. The predicted octanol–water partition coefficient (Wildman–Crippen LogP) is 2.69. The topological polar surface area (TPSA) is 38.8 Å². The van der Waals surface area contributed by atoms with Gasteiger partial charge in [0.25, 0.3) is 0 Å². The summed E-state index contributed by atoms with van der Waals surface area (Å²) in [5.74, 6) is -0.207. The second-order valence-corrected chi connectivity index (χ2v) is 5.17. The molecule has 0 radical (unpaired) electrons. The largest absolute Gasteiger partial charge is 0.461 e. The SMILES string of the molecule is CC1(C)OC1(C)CC(=O)OCc1ccccc1. The van der Waals surface area contributed by atoms with Gasteiger partial charge in [0, 0.05) is 0 Å². The van der Waals surface area contributed by atoms with Gasteiger partial charge in [0.2, 0.25) is 0 Å². The molecule has 1 fully saturated rings. The second-order valence-electron chi connectivity index (χ2n) is 5.17.